The highest BCUT2D eigenvalue weighted by atomic mass is 35.5. The highest BCUT2D eigenvalue weighted by Crippen LogP contribution is 2.17. The fraction of sp³-hybridized carbons (Fsp3) is 0.600. The smallest absolute Gasteiger partial charge is 0.255 e. The second-order valence-electron chi connectivity index (χ2n) is 5.09. The zero-order valence-corrected chi connectivity index (χ0v) is 12.6. The third-order valence-corrected chi connectivity index (χ3v) is 3.72. The predicted octanol–water partition coefficient (Wildman–Crippen LogP) is 3.16. The van der Waals surface area contributed by atoms with Crippen molar-refractivity contribution in [3.05, 3.63) is 29.0 Å². The quantitative estimate of drug-likeness (QED) is 0.802. The highest BCUT2D eigenvalue weighted by molar-refractivity contribution is 6.29. The van der Waals surface area contributed by atoms with Gasteiger partial charge in [0.15, 0.2) is 0 Å². The van der Waals surface area contributed by atoms with Crippen LogP contribution in [0.4, 0.5) is 0 Å². The minimum Gasteiger partial charge on any atom is -0.378 e. The van der Waals surface area contributed by atoms with Crippen LogP contribution in [0.2, 0.25) is 5.15 Å². The largest absolute Gasteiger partial charge is 0.378 e. The maximum absolute atomic E-state index is 12.4. The molecule has 0 aromatic carbocycles. The molecule has 2 heterocycles. The van der Waals surface area contributed by atoms with Crippen LogP contribution in [0.15, 0.2) is 18.3 Å². The molecule has 5 heteroatoms. The minimum atomic E-state index is 0.0327. The summed E-state index contributed by atoms with van der Waals surface area (Å²) in [6, 6.07) is 3.38. The summed E-state index contributed by atoms with van der Waals surface area (Å²) in [6.07, 6.45) is 5.79. The van der Waals surface area contributed by atoms with Crippen LogP contribution in [-0.4, -0.2) is 41.6 Å². The fourth-order valence-electron chi connectivity index (χ4n) is 2.40. The summed E-state index contributed by atoms with van der Waals surface area (Å²) >= 11 is 5.74. The van der Waals surface area contributed by atoms with Crippen molar-refractivity contribution >= 4 is 17.5 Å². The number of halogens is 1. The number of likely N-dealkylation sites (tertiary alicyclic amines) is 1. The Hall–Kier alpha value is -1.13. The first-order chi connectivity index (χ1) is 9.70. The molecule has 1 aromatic heterocycles. The molecule has 0 saturated carbocycles. The molecule has 0 spiro atoms. The number of amides is 1. The van der Waals surface area contributed by atoms with Gasteiger partial charge >= 0.3 is 0 Å². The van der Waals surface area contributed by atoms with Crippen LogP contribution < -0.4 is 0 Å². The van der Waals surface area contributed by atoms with Crippen LogP contribution in [-0.2, 0) is 4.74 Å². The Morgan fingerprint density at radius 3 is 3.00 bits per heavy atom. The molecule has 1 fully saturated rings. The number of hydrogen-bond donors (Lipinski definition) is 0. The first kappa shape index (κ1) is 15.3. The molecular formula is C15H21ClN2O2. The Morgan fingerprint density at radius 2 is 2.30 bits per heavy atom. The van der Waals surface area contributed by atoms with Crippen molar-refractivity contribution in [1.82, 2.24) is 9.88 Å². The summed E-state index contributed by atoms with van der Waals surface area (Å²) in [5.74, 6) is 0.0327. The van der Waals surface area contributed by atoms with E-state index in [4.69, 9.17) is 16.3 Å². The second-order valence-corrected chi connectivity index (χ2v) is 5.47. The van der Waals surface area contributed by atoms with E-state index in [-0.39, 0.29) is 12.0 Å². The molecule has 1 atom stereocenters. The van der Waals surface area contributed by atoms with Gasteiger partial charge in [-0.15, -0.1) is 0 Å². The van der Waals surface area contributed by atoms with Crippen molar-refractivity contribution in [3.63, 3.8) is 0 Å². The SMILES string of the molecule is CCCOC1CCCN(C(=O)c2ccc(Cl)nc2)CC1. The highest BCUT2D eigenvalue weighted by Gasteiger charge is 2.21. The first-order valence-electron chi connectivity index (χ1n) is 7.23. The van der Waals surface area contributed by atoms with Crippen molar-refractivity contribution in [3.8, 4) is 0 Å². The number of carbonyl (C=O) groups is 1. The lowest BCUT2D eigenvalue weighted by molar-refractivity contribution is 0.0432. The topological polar surface area (TPSA) is 42.4 Å². The molecule has 1 aromatic rings. The number of aromatic nitrogens is 1. The van der Waals surface area contributed by atoms with E-state index in [0.29, 0.717) is 10.7 Å². The molecule has 0 radical (unpaired) electrons. The van der Waals surface area contributed by atoms with E-state index in [1.807, 2.05) is 4.90 Å². The number of rotatable bonds is 4. The zero-order valence-electron chi connectivity index (χ0n) is 11.8. The van der Waals surface area contributed by atoms with Gasteiger partial charge in [0.25, 0.3) is 5.91 Å². The Bertz CT molecular complexity index is 436. The third-order valence-electron chi connectivity index (χ3n) is 3.49. The summed E-state index contributed by atoms with van der Waals surface area (Å²) < 4.78 is 5.79. The van der Waals surface area contributed by atoms with Gasteiger partial charge in [0.2, 0.25) is 0 Å². The molecule has 110 valence electrons. The molecule has 0 N–H and O–H groups in total. The molecule has 2 rings (SSSR count). The Balaban J connectivity index is 1.92. The van der Waals surface area contributed by atoms with Crippen LogP contribution in [0.25, 0.3) is 0 Å². The van der Waals surface area contributed by atoms with E-state index in [0.717, 1.165) is 45.4 Å². The van der Waals surface area contributed by atoms with Crippen LogP contribution in [0.3, 0.4) is 0 Å². The van der Waals surface area contributed by atoms with Crippen LogP contribution in [0, 0.1) is 0 Å². The number of pyridine rings is 1. The molecule has 0 aliphatic carbocycles. The lowest BCUT2D eigenvalue weighted by Gasteiger charge is -2.20. The molecular weight excluding hydrogens is 276 g/mol. The molecule has 20 heavy (non-hydrogen) atoms. The van der Waals surface area contributed by atoms with Crippen LogP contribution in [0.1, 0.15) is 43.0 Å². The molecule has 1 aliphatic rings. The van der Waals surface area contributed by atoms with E-state index < -0.39 is 0 Å². The van der Waals surface area contributed by atoms with Gasteiger partial charge in [-0.25, -0.2) is 4.98 Å². The maximum atomic E-state index is 12.4. The van der Waals surface area contributed by atoms with Gasteiger partial charge < -0.3 is 9.64 Å². The molecule has 0 bridgehead atoms. The average molecular weight is 297 g/mol. The number of ether oxygens (including phenoxy) is 1. The average Bonchev–Trinajstić information content (AvgIpc) is 2.70. The molecule has 1 aliphatic heterocycles. The minimum absolute atomic E-state index is 0.0327. The summed E-state index contributed by atoms with van der Waals surface area (Å²) in [5.41, 5.74) is 0.599. The Kier molecular flexibility index (Phi) is 5.80. The van der Waals surface area contributed by atoms with Gasteiger partial charge in [0, 0.05) is 25.9 Å². The standard InChI is InChI=1S/C15H21ClN2O2/c1-2-10-20-13-4-3-8-18(9-7-13)15(19)12-5-6-14(16)17-11-12/h5-6,11,13H,2-4,7-10H2,1H3. The third kappa shape index (κ3) is 4.18. The van der Waals surface area contributed by atoms with Gasteiger partial charge in [-0.3, -0.25) is 4.79 Å². The van der Waals surface area contributed by atoms with Gasteiger partial charge in [0.1, 0.15) is 5.15 Å². The number of nitrogens with zero attached hydrogens (tertiary/aromatic N) is 2. The number of carbonyl (C=O) groups excluding carboxylic acids is 1. The summed E-state index contributed by atoms with van der Waals surface area (Å²) in [4.78, 5) is 18.2. The summed E-state index contributed by atoms with van der Waals surface area (Å²) in [7, 11) is 0. The van der Waals surface area contributed by atoms with E-state index in [2.05, 4.69) is 11.9 Å². The zero-order chi connectivity index (χ0) is 14.4. The summed E-state index contributed by atoms with van der Waals surface area (Å²) in [5, 5.41) is 0.408. The van der Waals surface area contributed by atoms with Crippen molar-refractivity contribution < 1.29 is 9.53 Å². The van der Waals surface area contributed by atoms with Crippen molar-refractivity contribution in [1.29, 1.82) is 0 Å². The normalized spacial score (nSPS) is 19.7. The van der Waals surface area contributed by atoms with E-state index in [9.17, 15) is 4.79 Å². The Labute approximate surface area is 125 Å². The van der Waals surface area contributed by atoms with Gasteiger partial charge in [-0.05, 0) is 37.8 Å². The second kappa shape index (κ2) is 7.60. The van der Waals surface area contributed by atoms with Crippen molar-refractivity contribution in [2.75, 3.05) is 19.7 Å². The number of hydrogen-bond acceptors (Lipinski definition) is 3. The van der Waals surface area contributed by atoms with Crippen molar-refractivity contribution in [2.45, 2.75) is 38.7 Å². The van der Waals surface area contributed by atoms with Crippen molar-refractivity contribution in [2.24, 2.45) is 0 Å². The Morgan fingerprint density at radius 1 is 1.45 bits per heavy atom. The van der Waals surface area contributed by atoms with E-state index >= 15 is 0 Å². The monoisotopic (exact) mass is 296 g/mol. The molecule has 1 amide bonds. The van der Waals surface area contributed by atoms with Gasteiger partial charge in [-0.1, -0.05) is 18.5 Å². The van der Waals surface area contributed by atoms with E-state index in [1.165, 1.54) is 0 Å². The molecule has 4 nitrogen and oxygen atoms in total. The summed E-state index contributed by atoms with van der Waals surface area (Å²) in [6.45, 7) is 4.45. The van der Waals surface area contributed by atoms with Crippen LogP contribution >= 0.6 is 11.6 Å². The fourth-order valence-corrected chi connectivity index (χ4v) is 2.52. The first-order valence-corrected chi connectivity index (χ1v) is 7.61. The lowest BCUT2D eigenvalue weighted by atomic mass is 10.1. The van der Waals surface area contributed by atoms with Gasteiger partial charge in [0.05, 0.1) is 11.7 Å². The van der Waals surface area contributed by atoms with Gasteiger partial charge in [-0.2, -0.15) is 0 Å². The predicted molar refractivity (Wildman–Crippen MR) is 79.0 cm³/mol. The maximum Gasteiger partial charge on any atom is 0.255 e. The lowest BCUT2D eigenvalue weighted by Crippen LogP contribution is -2.32. The van der Waals surface area contributed by atoms with E-state index in [1.54, 1.807) is 18.3 Å². The molecule has 1 saturated heterocycles. The van der Waals surface area contributed by atoms with Crippen LogP contribution in [0.5, 0.6) is 0 Å². The molecule has 1 unspecified atom stereocenters.